The van der Waals surface area contributed by atoms with Crippen LogP contribution in [0.4, 0.5) is 30.7 Å². The van der Waals surface area contributed by atoms with Gasteiger partial charge in [-0.15, -0.1) is 11.6 Å². The molecule has 0 aliphatic rings. The fourth-order valence-electron chi connectivity index (χ4n) is 1.07. The maximum atomic E-state index is 13.2. The highest BCUT2D eigenvalue weighted by atomic mass is 79.9. The van der Waals surface area contributed by atoms with Gasteiger partial charge in [-0.3, -0.25) is 0 Å². The molecule has 18 heavy (non-hydrogen) atoms. The van der Waals surface area contributed by atoms with Crippen LogP contribution in [0.25, 0.3) is 0 Å². The summed E-state index contributed by atoms with van der Waals surface area (Å²) in [5.41, 5.74) is -1.26. The predicted molar refractivity (Wildman–Crippen MR) is 53.7 cm³/mol. The molecule has 1 aromatic rings. The summed E-state index contributed by atoms with van der Waals surface area (Å²) in [5, 5.41) is -3.06. The molecule has 0 heterocycles. The topological polar surface area (TPSA) is 0 Å². The van der Waals surface area contributed by atoms with Crippen LogP contribution in [-0.4, -0.2) is 12.1 Å². The molecular formula is C9H3BrClF7. The Morgan fingerprint density at radius 3 is 1.94 bits per heavy atom. The summed E-state index contributed by atoms with van der Waals surface area (Å²) in [6.07, 6.45) is -5.96. The van der Waals surface area contributed by atoms with E-state index in [9.17, 15) is 30.7 Å². The van der Waals surface area contributed by atoms with E-state index in [1.54, 1.807) is 0 Å². The third-order valence-corrected chi connectivity index (χ3v) is 3.13. The Hall–Kier alpha value is -0.500. The van der Waals surface area contributed by atoms with E-state index < -0.39 is 39.1 Å². The van der Waals surface area contributed by atoms with Gasteiger partial charge in [-0.25, -0.2) is 8.78 Å². The molecule has 0 aromatic heterocycles. The fraction of sp³-hybridized carbons (Fsp3) is 0.333. The van der Waals surface area contributed by atoms with Crippen molar-refractivity contribution in [1.29, 1.82) is 0 Å². The lowest BCUT2D eigenvalue weighted by Gasteiger charge is -2.24. The van der Waals surface area contributed by atoms with Crippen LogP contribution in [0, 0.1) is 11.6 Å². The molecule has 0 radical (unpaired) electrons. The van der Waals surface area contributed by atoms with Crippen LogP contribution in [0.5, 0.6) is 0 Å². The second kappa shape index (κ2) is 4.88. The van der Waals surface area contributed by atoms with Crippen LogP contribution in [0.1, 0.15) is 10.9 Å². The predicted octanol–water partition coefficient (Wildman–Crippen LogP) is 5.20. The van der Waals surface area contributed by atoms with Crippen molar-refractivity contribution in [1.82, 2.24) is 0 Å². The number of hydrogen-bond acceptors (Lipinski definition) is 0. The van der Waals surface area contributed by atoms with Crippen molar-refractivity contribution in [3.8, 4) is 0 Å². The van der Waals surface area contributed by atoms with Gasteiger partial charge in [0.1, 0.15) is 17.0 Å². The summed E-state index contributed by atoms with van der Waals surface area (Å²) in [5.74, 6) is -8.04. The van der Waals surface area contributed by atoms with Gasteiger partial charge in [0.25, 0.3) is 0 Å². The highest BCUT2D eigenvalue weighted by molar-refractivity contribution is 9.10. The Kier molecular flexibility index (Phi) is 4.22. The SMILES string of the molecule is Fc1cc(C(Cl)C(F)(F)C(F)(F)F)c(F)cc1Br. The third kappa shape index (κ3) is 2.74. The minimum atomic E-state index is -5.96. The molecule has 0 amide bonds. The quantitative estimate of drug-likeness (QED) is 0.387. The molecule has 0 bridgehead atoms. The molecule has 1 aromatic carbocycles. The summed E-state index contributed by atoms with van der Waals surface area (Å²) in [6, 6.07) is 0.614. The molecule has 0 aliphatic carbocycles. The van der Waals surface area contributed by atoms with E-state index >= 15 is 0 Å². The molecule has 0 aliphatic heterocycles. The van der Waals surface area contributed by atoms with Crippen molar-refractivity contribution in [2.45, 2.75) is 17.5 Å². The standard InChI is InChI=1S/C9H3BrClF7/c10-4-2-5(12)3(1-6(4)13)7(11)8(14,15)9(16,17)18/h1-2,7H. The van der Waals surface area contributed by atoms with Gasteiger partial charge < -0.3 is 0 Å². The number of rotatable bonds is 2. The normalized spacial score (nSPS) is 14.7. The molecule has 0 saturated carbocycles. The zero-order chi connectivity index (χ0) is 14.3. The van der Waals surface area contributed by atoms with E-state index in [1.807, 2.05) is 0 Å². The molecule has 0 saturated heterocycles. The van der Waals surface area contributed by atoms with Crippen LogP contribution < -0.4 is 0 Å². The fourth-order valence-corrected chi connectivity index (χ4v) is 1.68. The Morgan fingerprint density at radius 1 is 1.00 bits per heavy atom. The minimum Gasteiger partial charge on any atom is -0.207 e. The Morgan fingerprint density at radius 2 is 1.50 bits per heavy atom. The summed E-state index contributed by atoms with van der Waals surface area (Å²) in [4.78, 5) is 0. The largest absolute Gasteiger partial charge is 0.455 e. The maximum absolute atomic E-state index is 13.2. The average molecular weight is 359 g/mol. The highest BCUT2D eigenvalue weighted by Gasteiger charge is 2.62. The molecular weight excluding hydrogens is 356 g/mol. The zero-order valence-corrected chi connectivity index (χ0v) is 10.5. The minimum absolute atomic E-state index is 0.191. The average Bonchev–Trinajstić information content (AvgIpc) is 2.20. The van der Waals surface area contributed by atoms with Crippen molar-refractivity contribution in [3.05, 3.63) is 33.8 Å². The Balaban J connectivity index is 3.27. The van der Waals surface area contributed by atoms with Gasteiger partial charge in [0.05, 0.1) is 4.47 Å². The summed E-state index contributed by atoms with van der Waals surface area (Å²) in [6.45, 7) is 0. The second-order valence-electron chi connectivity index (χ2n) is 3.27. The number of hydrogen-bond donors (Lipinski definition) is 0. The van der Waals surface area contributed by atoms with Crippen molar-refractivity contribution in [2.24, 2.45) is 0 Å². The molecule has 0 N–H and O–H groups in total. The first-order valence-electron chi connectivity index (χ1n) is 4.21. The monoisotopic (exact) mass is 358 g/mol. The van der Waals surface area contributed by atoms with E-state index in [2.05, 4.69) is 15.9 Å². The number of halogens is 9. The Labute approximate surface area is 110 Å². The maximum Gasteiger partial charge on any atom is 0.455 e. The van der Waals surface area contributed by atoms with Gasteiger partial charge >= 0.3 is 12.1 Å². The molecule has 1 unspecified atom stereocenters. The van der Waals surface area contributed by atoms with Crippen LogP contribution in [0.3, 0.4) is 0 Å². The molecule has 1 rings (SSSR count). The lowest BCUT2D eigenvalue weighted by Crippen LogP contribution is -2.40. The van der Waals surface area contributed by atoms with Gasteiger partial charge in [-0.1, -0.05) is 0 Å². The second-order valence-corrected chi connectivity index (χ2v) is 4.56. The van der Waals surface area contributed by atoms with E-state index in [-0.39, 0.29) is 6.07 Å². The van der Waals surface area contributed by atoms with Crippen molar-refractivity contribution in [2.75, 3.05) is 0 Å². The smallest absolute Gasteiger partial charge is 0.207 e. The molecule has 1 atom stereocenters. The van der Waals surface area contributed by atoms with Crippen molar-refractivity contribution in [3.63, 3.8) is 0 Å². The zero-order valence-electron chi connectivity index (χ0n) is 8.13. The van der Waals surface area contributed by atoms with Crippen LogP contribution in [0.2, 0.25) is 0 Å². The van der Waals surface area contributed by atoms with Gasteiger partial charge in [0.2, 0.25) is 0 Å². The molecule has 0 nitrogen and oxygen atoms in total. The number of benzene rings is 1. The lowest BCUT2D eigenvalue weighted by molar-refractivity contribution is -0.283. The van der Waals surface area contributed by atoms with Gasteiger partial charge in [-0.2, -0.15) is 22.0 Å². The summed E-state index contributed by atoms with van der Waals surface area (Å²) >= 11 is 7.47. The van der Waals surface area contributed by atoms with Crippen LogP contribution in [-0.2, 0) is 0 Å². The highest BCUT2D eigenvalue weighted by Crippen LogP contribution is 2.48. The van der Waals surface area contributed by atoms with E-state index in [0.717, 1.165) is 0 Å². The molecule has 102 valence electrons. The lowest BCUT2D eigenvalue weighted by atomic mass is 10.1. The molecule has 9 heteroatoms. The summed E-state index contributed by atoms with van der Waals surface area (Å²) in [7, 11) is 0. The van der Waals surface area contributed by atoms with E-state index in [4.69, 9.17) is 11.6 Å². The first-order valence-corrected chi connectivity index (χ1v) is 5.44. The van der Waals surface area contributed by atoms with E-state index in [1.165, 1.54) is 0 Å². The first kappa shape index (κ1) is 15.6. The Bertz CT molecular complexity index is 457. The van der Waals surface area contributed by atoms with Crippen molar-refractivity contribution < 1.29 is 30.7 Å². The van der Waals surface area contributed by atoms with E-state index in [0.29, 0.717) is 6.07 Å². The van der Waals surface area contributed by atoms with Crippen molar-refractivity contribution >= 4 is 27.5 Å². The number of alkyl halides is 6. The van der Waals surface area contributed by atoms with Gasteiger partial charge in [-0.05, 0) is 28.1 Å². The first-order chi connectivity index (χ1) is 7.98. The van der Waals surface area contributed by atoms with Crippen LogP contribution in [0.15, 0.2) is 16.6 Å². The van der Waals surface area contributed by atoms with Gasteiger partial charge in [0.15, 0.2) is 0 Å². The molecule has 0 spiro atoms. The third-order valence-electron chi connectivity index (χ3n) is 2.01. The summed E-state index contributed by atoms with van der Waals surface area (Å²) < 4.78 is 87.6. The van der Waals surface area contributed by atoms with Crippen LogP contribution >= 0.6 is 27.5 Å². The van der Waals surface area contributed by atoms with Gasteiger partial charge in [0, 0.05) is 5.56 Å². The molecule has 0 fully saturated rings.